The van der Waals surface area contributed by atoms with Crippen LogP contribution in [0.2, 0.25) is 5.02 Å². The molecule has 0 spiro atoms. The van der Waals surface area contributed by atoms with Crippen LogP contribution < -0.4 is 5.32 Å². The van der Waals surface area contributed by atoms with Crippen LogP contribution in [0.25, 0.3) is 5.65 Å². The Morgan fingerprint density at radius 1 is 1.23 bits per heavy atom. The second kappa shape index (κ2) is 5.73. The van der Waals surface area contributed by atoms with Crippen LogP contribution in [0, 0.1) is 11.8 Å². The number of halogens is 3. The molecule has 0 aliphatic heterocycles. The summed E-state index contributed by atoms with van der Waals surface area (Å²) in [5, 5.41) is 2.94. The van der Waals surface area contributed by atoms with Crippen molar-refractivity contribution >= 4 is 23.2 Å². The zero-order valence-corrected chi connectivity index (χ0v) is 11.9. The molecule has 3 rings (SSSR count). The standard InChI is InChI=1S/C15H10ClF2N3O/c16-10-5-6-21-12(7-10)20-13(14(21)18)15(22)19-8-9-1-3-11(17)4-2-9/h1-7H,8H2,(H,19,22). The minimum atomic E-state index is -0.761. The summed E-state index contributed by atoms with van der Waals surface area (Å²) in [4.78, 5) is 16.0. The number of nitrogens with zero attached hydrogens (tertiary/aromatic N) is 2. The van der Waals surface area contributed by atoms with Crippen molar-refractivity contribution in [2.45, 2.75) is 6.54 Å². The second-order valence-electron chi connectivity index (χ2n) is 4.63. The number of nitrogens with one attached hydrogen (secondary N) is 1. The van der Waals surface area contributed by atoms with E-state index in [1.54, 1.807) is 0 Å². The third kappa shape index (κ3) is 2.78. The summed E-state index contributed by atoms with van der Waals surface area (Å²) in [5.41, 5.74) is 0.628. The number of amides is 1. The van der Waals surface area contributed by atoms with Gasteiger partial charge in [0.25, 0.3) is 5.91 Å². The van der Waals surface area contributed by atoms with E-state index in [4.69, 9.17) is 11.6 Å². The molecule has 2 heterocycles. The quantitative estimate of drug-likeness (QED) is 0.805. The zero-order chi connectivity index (χ0) is 15.7. The largest absolute Gasteiger partial charge is 0.346 e. The van der Waals surface area contributed by atoms with Crippen LogP contribution in [0.3, 0.4) is 0 Å². The molecular weight excluding hydrogens is 312 g/mol. The third-order valence-corrected chi connectivity index (χ3v) is 3.35. The number of carbonyl (C=O) groups excluding carboxylic acids is 1. The van der Waals surface area contributed by atoms with Crippen molar-refractivity contribution < 1.29 is 13.6 Å². The number of hydrogen-bond acceptors (Lipinski definition) is 2. The Labute approximate surface area is 129 Å². The number of hydrogen-bond donors (Lipinski definition) is 1. The molecule has 1 N–H and O–H groups in total. The fourth-order valence-electron chi connectivity index (χ4n) is 2.00. The van der Waals surface area contributed by atoms with Gasteiger partial charge in [0.05, 0.1) is 0 Å². The van der Waals surface area contributed by atoms with Crippen LogP contribution in [0.4, 0.5) is 8.78 Å². The van der Waals surface area contributed by atoms with Crippen LogP contribution in [0.5, 0.6) is 0 Å². The summed E-state index contributed by atoms with van der Waals surface area (Å²) in [5.74, 6) is -1.77. The van der Waals surface area contributed by atoms with Gasteiger partial charge in [0.15, 0.2) is 5.69 Å². The van der Waals surface area contributed by atoms with Gasteiger partial charge in [-0.1, -0.05) is 23.7 Å². The lowest BCUT2D eigenvalue weighted by atomic mass is 10.2. The maximum absolute atomic E-state index is 14.1. The normalized spacial score (nSPS) is 10.9. The second-order valence-corrected chi connectivity index (χ2v) is 5.07. The van der Waals surface area contributed by atoms with Crippen molar-refractivity contribution in [3.8, 4) is 0 Å². The minimum absolute atomic E-state index is 0.146. The molecule has 4 nitrogen and oxygen atoms in total. The van der Waals surface area contributed by atoms with E-state index in [1.165, 1.54) is 42.6 Å². The highest BCUT2D eigenvalue weighted by molar-refractivity contribution is 6.30. The first kappa shape index (κ1) is 14.5. The van der Waals surface area contributed by atoms with E-state index in [2.05, 4.69) is 10.3 Å². The molecule has 0 fully saturated rings. The maximum atomic E-state index is 14.1. The monoisotopic (exact) mass is 321 g/mol. The van der Waals surface area contributed by atoms with Crippen LogP contribution in [-0.4, -0.2) is 15.3 Å². The Morgan fingerprint density at radius 3 is 2.68 bits per heavy atom. The molecule has 2 aromatic heterocycles. The van der Waals surface area contributed by atoms with E-state index >= 15 is 0 Å². The van der Waals surface area contributed by atoms with Crippen LogP contribution in [0.15, 0.2) is 42.6 Å². The van der Waals surface area contributed by atoms with Gasteiger partial charge in [-0.3, -0.25) is 9.20 Å². The van der Waals surface area contributed by atoms with Gasteiger partial charge in [-0.05, 0) is 23.8 Å². The number of fused-ring (bicyclic) bond motifs is 1. The summed E-state index contributed by atoms with van der Waals surface area (Å²) in [6.45, 7) is 0.146. The van der Waals surface area contributed by atoms with Crippen LogP contribution >= 0.6 is 11.6 Å². The van der Waals surface area contributed by atoms with E-state index in [-0.39, 0.29) is 23.7 Å². The molecule has 0 radical (unpaired) electrons. The van der Waals surface area contributed by atoms with Gasteiger partial charge in [0, 0.05) is 23.8 Å². The molecule has 1 aromatic carbocycles. The average Bonchev–Trinajstić information content (AvgIpc) is 2.83. The number of pyridine rings is 1. The summed E-state index contributed by atoms with van der Waals surface area (Å²) >= 11 is 5.81. The first-order valence-corrected chi connectivity index (χ1v) is 6.78. The highest BCUT2D eigenvalue weighted by Gasteiger charge is 2.18. The maximum Gasteiger partial charge on any atom is 0.274 e. The van der Waals surface area contributed by atoms with Crippen molar-refractivity contribution in [2.24, 2.45) is 0 Å². The molecule has 0 atom stereocenters. The van der Waals surface area contributed by atoms with Gasteiger partial charge in [-0.25, -0.2) is 9.37 Å². The molecular formula is C15H10ClF2N3O. The highest BCUT2D eigenvalue weighted by atomic mass is 35.5. The van der Waals surface area contributed by atoms with Crippen molar-refractivity contribution in [3.63, 3.8) is 0 Å². The minimum Gasteiger partial charge on any atom is -0.346 e. The van der Waals surface area contributed by atoms with Crippen molar-refractivity contribution in [1.82, 2.24) is 14.7 Å². The van der Waals surface area contributed by atoms with E-state index in [0.29, 0.717) is 10.6 Å². The Morgan fingerprint density at radius 2 is 1.95 bits per heavy atom. The fraction of sp³-hybridized carbons (Fsp3) is 0.0667. The topological polar surface area (TPSA) is 46.4 Å². The van der Waals surface area contributed by atoms with Gasteiger partial charge >= 0.3 is 0 Å². The van der Waals surface area contributed by atoms with E-state index in [9.17, 15) is 13.6 Å². The van der Waals surface area contributed by atoms with Gasteiger partial charge in [0.1, 0.15) is 11.5 Å². The molecule has 3 aromatic rings. The molecule has 22 heavy (non-hydrogen) atoms. The van der Waals surface area contributed by atoms with Crippen molar-refractivity contribution in [1.29, 1.82) is 0 Å². The van der Waals surface area contributed by atoms with Crippen LogP contribution in [-0.2, 0) is 6.54 Å². The van der Waals surface area contributed by atoms with Gasteiger partial charge in [0.2, 0.25) is 5.95 Å². The van der Waals surface area contributed by atoms with Crippen molar-refractivity contribution in [2.75, 3.05) is 0 Å². The summed E-state index contributed by atoms with van der Waals surface area (Å²) < 4.78 is 28.1. The molecule has 1 amide bonds. The number of aromatic nitrogens is 2. The zero-order valence-electron chi connectivity index (χ0n) is 11.2. The molecule has 0 aliphatic carbocycles. The molecule has 112 valence electrons. The summed E-state index contributed by atoms with van der Waals surface area (Å²) in [6.07, 6.45) is 1.40. The Balaban J connectivity index is 1.80. The lowest BCUT2D eigenvalue weighted by molar-refractivity contribution is 0.0942. The smallest absolute Gasteiger partial charge is 0.274 e. The fourth-order valence-corrected chi connectivity index (χ4v) is 2.16. The van der Waals surface area contributed by atoms with Gasteiger partial charge < -0.3 is 5.32 Å². The molecule has 7 heteroatoms. The van der Waals surface area contributed by atoms with Crippen molar-refractivity contribution in [3.05, 3.63) is 70.6 Å². The molecule has 0 saturated carbocycles. The van der Waals surface area contributed by atoms with E-state index in [0.717, 1.165) is 4.40 Å². The van der Waals surface area contributed by atoms with Gasteiger partial charge in [-0.15, -0.1) is 0 Å². The first-order valence-electron chi connectivity index (χ1n) is 6.40. The average molecular weight is 322 g/mol. The summed E-state index contributed by atoms with van der Waals surface area (Å²) in [7, 11) is 0. The highest BCUT2D eigenvalue weighted by Crippen LogP contribution is 2.16. The molecule has 0 saturated heterocycles. The summed E-state index contributed by atoms with van der Waals surface area (Å²) in [6, 6.07) is 8.61. The molecule has 0 bridgehead atoms. The Hall–Kier alpha value is -2.47. The number of rotatable bonds is 3. The predicted octanol–water partition coefficient (Wildman–Crippen LogP) is 3.20. The van der Waals surface area contributed by atoms with E-state index in [1.807, 2.05) is 0 Å². The van der Waals surface area contributed by atoms with E-state index < -0.39 is 11.9 Å². The third-order valence-electron chi connectivity index (χ3n) is 3.11. The lowest BCUT2D eigenvalue weighted by Gasteiger charge is -2.03. The molecule has 0 unspecified atom stereocenters. The predicted molar refractivity (Wildman–Crippen MR) is 77.7 cm³/mol. The number of imidazole rings is 1. The van der Waals surface area contributed by atoms with Crippen LogP contribution in [0.1, 0.15) is 16.1 Å². The molecule has 0 aliphatic rings. The lowest BCUT2D eigenvalue weighted by Crippen LogP contribution is -2.24. The number of benzene rings is 1. The first-order chi connectivity index (χ1) is 10.5. The number of carbonyl (C=O) groups is 1. The SMILES string of the molecule is O=C(NCc1ccc(F)cc1)c1nc2cc(Cl)ccn2c1F. The Kier molecular flexibility index (Phi) is 3.77. The Bertz CT molecular complexity index is 846. The van der Waals surface area contributed by atoms with Gasteiger partial charge in [-0.2, -0.15) is 4.39 Å².